The van der Waals surface area contributed by atoms with E-state index >= 15 is 0 Å². The van der Waals surface area contributed by atoms with E-state index in [1.165, 1.54) is 11.3 Å². The van der Waals surface area contributed by atoms with Crippen molar-refractivity contribution in [3.8, 4) is 0 Å². The fourth-order valence-corrected chi connectivity index (χ4v) is 3.59. The van der Waals surface area contributed by atoms with E-state index in [9.17, 15) is 9.59 Å². The van der Waals surface area contributed by atoms with Crippen LogP contribution in [0.5, 0.6) is 0 Å². The van der Waals surface area contributed by atoms with Gasteiger partial charge in [0.1, 0.15) is 5.00 Å². The van der Waals surface area contributed by atoms with Crippen LogP contribution in [0, 0.1) is 12.8 Å². The van der Waals surface area contributed by atoms with Gasteiger partial charge >= 0.3 is 5.97 Å². The summed E-state index contributed by atoms with van der Waals surface area (Å²) in [4.78, 5) is 25.8. The second kappa shape index (κ2) is 8.32. The molecule has 1 rings (SSSR count). The van der Waals surface area contributed by atoms with Gasteiger partial charge in [-0.1, -0.05) is 20.8 Å². The van der Waals surface area contributed by atoms with Crippen LogP contribution in [0.3, 0.4) is 0 Å². The lowest BCUT2D eigenvalue weighted by molar-refractivity contribution is -0.120. The molecule has 124 valence electrons. The highest BCUT2D eigenvalue weighted by Gasteiger charge is 2.25. The number of nitrogens with one attached hydrogen (secondary N) is 1. The standard InChI is InChI=1S/C17H27NO3S/c1-7-12(8-2)15(19)18-16-14(17(20)21-10(4)5)13(9-3)11(6)22-16/h10,12H,7-9H2,1-6H3,(H,18,19). The molecule has 1 aromatic heterocycles. The SMILES string of the molecule is CCc1c(C)sc(NC(=O)C(CC)CC)c1C(=O)OC(C)C. The number of aryl methyl sites for hydroxylation is 1. The Morgan fingerprint density at radius 3 is 2.23 bits per heavy atom. The van der Waals surface area contributed by atoms with Crippen LogP contribution in [-0.2, 0) is 16.0 Å². The van der Waals surface area contributed by atoms with Crippen LogP contribution < -0.4 is 5.32 Å². The number of rotatable bonds is 7. The first-order valence-electron chi connectivity index (χ1n) is 7.99. The third kappa shape index (κ3) is 4.32. The number of carbonyl (C=O) groups excluding carboxylic acids is 2. The monoisotopic (exact) mass is 325 g/mol. The van der Waals surface area contributed by atoms with Gasteiger partial charge in [-0.2, -0.15) is 0 Å². The molecule has 0 fully saturated rings. The van der Waals surface area contributed by atoms with Gasteiger partial charge in [0, 0.05) is 10.8 Å². The van der Waals surface area contributed by atoms with E-state index in [4.69, 9.17) is 4.74 Å². The van der Waals surface area contributed by atoms with Crippen LogP contribution >= 0.6 is 11.3 Å². The Labute approximate surface area is 137 Å². The van der Waals surface area contributed by atoms with Gasteiger partial charge in [-0.25, -0.2) is 4.79 Å². The van der Waals surface area contributed by atoms with Gasteiger partial charge in [0.15, 0.2) is 0 Å². The first-order chi connectivity index (χ1) is 10.3. The van der Waals surface area contributed by atoms with Crippen molar-refractivity contribution in [2.24, 2.45) is 5.92 Å². The summed E-state index contributed by atoms with van der Waals surface area (Å²) in [5.74, 6) is -0.398. The Kier molecular flexibility index (Phi) is 7.07. The average molecular weight is 325 g/mol. The van der Waals surface area contributed by atoms with Crippen molar-refractivity contribution in [3.63, 3.8) is 0 Å². The molecule has 0 aromatic carbocycles. The molecule has 1 N–H and O–H groups in total. The van der Waals surface area contributed by atoms with E-state index in [1.807, 2.05) is 41.5 Å². The number of ether oxygens (including phenoxy) is 1. The number of amides is 1. The Bertz CT molecular complexity index is 530. The fraction of sp³-hybridized carbons (Fsp3) is 0.647. The van der Waals surface area contributed by atoms with E-state index in [1.54, 1.807) is 0 Å². The van der Waals surface area contributed by atoms with Crippen molar-refractivity contribution >= 4 is 28.2 Å². The minimum absolute atomic E-state index is 0.0208. The molecular formula is C17H27NO3S. The van der Waals surface area contributed by atoms with Crippen LogP contribution in [0.15, 0.2) is 0 Å². The lowest BCUT2D eigenvalue weighted by Gasteiger charge is -2.14. The summed E-state index contributed by atoms with van der Waals surface area (Å²) in [6.07, 6.45) is 2.14. The van der Waals surface area contributed by atoms with Crippen molar-refractivity contribution < 1.29 is 14.3 Å². The number of thiophene rings is 1. The summed E-state index contributed by atoms with van der Waals surface area (Å²) in [7, 11) is 0. The molecule has 0 aliphatic rings. The number of esters is 1. The molecule has 4 nitrogen and oxygen atoms in total. The zero-order chi connectivity index (χ0) is 16.9. The zero-order valence-corrected chi connectivity index (χ0v) is 15.2. The van der Waals surface area contributed by atoms with Crippen LogP contribution in [0.1, 0.15) is 68.3 Å². The highest BCUT2D eigenvalue weighted by atomic mass is 32.1. The Morgan fingerprint density at radius 2 is 1.77 bits per heavy atom. The summed E-state index contributed by atoms with van der Waals surface area (Å²) in [5.41, 5.74) is 1.49. The smallest absolute Gasteiger partial charge is 0.341 e. The lowest BCUT2D eigenvalue weighted by Crippen LogP contribution is -2.23. The van der Waals surface area contributed by atoms with Crippen molar-refractivity contribution in [3.05, 3.63) is 16.0 Å². The molecule has 0 aliphatic carbocycles. The predicted molar refractivity (Wildman–Crippen MR) is 91.7 cm³/mol. The summed E-state index contributed by atoms with van der Waals surface area (Å²) in [5, 5.41) is 3.56. The largest absolute Gasteiger partial charge is 0.459 e. The minimum Gasteiger partial charge on any atom is -0.459 e. The Balaban J connectivity index is 3.14. The van der Waals surface area contributed by atoms with Crippen LogP contribution in [0.25, 0.3) is 0 Å². The Hall–Kier alpha value is -1.36. The number of carbonyl (C=O) groups is 2. The molecule has 5 heteroatoms. The van der Waals surface area contributed by atoms with Gasteiger partial charge in [0.05, 0.1) is 11.7 Å². The summed E-state index contributed by atoms with van der Waals surface area (Å²) in [6.45, 7) is 11.6. The maximum absolute atomic E-state index is 12.4. The highest BCUT2D eigenvalue weighted by molar-refractivity contribution is 7.16. The van der Waals surface area contributed by atoms with Crippen molar-refractivity contribution in [1.29, 1.82) is 0 Å². The molecular weight excluding hydrogens is 298 g/mol. The van der Waals surface area contributed by atoms with E-state index in [0.29, 0.717) is 10.6 Å². The van der Waals surface area contributed by atoms with Crippen LogP contribution in [-0.4, -0.2) is 18.0 Å². The minimum atomic E-state index is -0.351. The molecule has 1 aromatic rings. The second-order valence-electron chi connectivity index (χ2n) is 5.65. The molecule has 0 radical (unpaired) electrons. The number of hydrogen-bond donors (Lipinski definition) is 1. The molecule has 1 heterocycles. The second-order valence-corrected chi connectivity index (χ2v) is 6.88. The van der Waals surface area contributed by atoms with Gasteiger partial charge in [0.2, 0.25) is 5.91 Å². The molecule has 0 aliphatic heterocycles. The third-order valence-corrected chi connectivity index (χ3v) is 4.77. The highest BCUT2D eigenvalue weighted by Crippen LogP contribution is 2.34. The molecule has 0 unspecified atom stereocenters. The molecule has 0 saturated carbocycles. The fourth-order valence-electron chi connectivity index (χ4n) is 2.45. The maximum Gasteiger partial charge on any atom is 0.341 e. The van der Waals surface area contributed by atoms with Crippen LogP contribution in [0.4, 0.5) is 5.00 Å². The first kappa shape index (κ1) is 18.7. The van der Waals surface area contributed by atoms with E-state index in [0.717, 1.165) is 29.7 Å². The van der Waals surface area contributed by atoms with Gasteiger partial charge in [-0.3, -0.25) is 4.79 Å². The molecule has 0 saturated heterocycles. The van der Waals surface area contributed by atoms with Gasteiger partial charge < -0.3 is 10.1 Å². The van der Waals surface area contributed by atoms with Crippen molar-refractivity contribution in [2.75, 3.05) is 5.32 Å². The maximum atomic E-state index is 12.4. The van der Waals surface area contributed by atoms with Crippen LogP contribution in [0.2, 0.25) is 0 Å². The molecule has 0 bridgehead atoms. The topological polar surface area (TPSA) is 55.4 Å². The molecule has 0 spiro atoms. The molecule has 0 atom stereocenters. The number of anilines is 1. The van der Waals surface area contributed by atoms with Crippen molar-refractivity contribution in [2.45, 2.75) is 66.9 Å². The van der Waals surface area contributed by atoms with Gasteiger partial charge in [0.25, 0.3) is 0 Å². The number of hydrogen-bond acceptors (Lipinski definition) is 4. The molecule has 1 amide bonds. The van der Waals surface area contributed by atoms with Gasteiger partial charge in [-0.05, 0) is 45.6 Å². The zero-order valence-electron chi connectivity index (χ0n) is 14.4. The molecule has 22 heavy (non-hydrogen) atoms. The van der Waals surface area contributed by atoms with Crippen molar-refractivity contribution in [1.82, 2.24) is 0 Å². The van der Waals surface area contributed by atoms with E-state index in [2.05, 4.69) is 5.32 Å². The average Bonchev–Trinajstić information content (AvgIpc) is 2.74. The van der Waals surface area contributed by atoms with E-state index in [-0.39, 0.29) is 23.9 Å². The third-order valence-electron chi connectivity index (χ3n) is 3.70. The first-order valence-corrected chi connectivity index (χ1v) is 8.81. The predicted octanol–water partition coefficient (Wildman–Crippen LogP) is 4.56. The van der Waals surface area contributed by atoms with E-state index < -0.39 is 0 Å². The Morgan fingerprint density at radius 1 is 1.18 bits per heavy atom. The normalized spacial score (nSPS) is 11.1. The summed E-state index contributed by atoms with van der Waals surface area (Å²) >= 11 is 1.45. The summed E-state index contributed by atoms with van der Waals surface area (Å²) < 4.78 is 5.34. The quantitative estimate of drug-likeness (QED) is 0.748. The lowest BCUT2D eigenvalue weighted by atomic mass is 10.0. The van der Waals surface area contributed by atoms with Gasteiger partial charge in [-0.15, -0.1) is 11.3 Å². The summed E-state index contributed by atoms with van der Waals surface area (Å²) in [6, 6.07) is 0.